The van der Waals surface area contributed by atoms with Crippen LogP contribution in [0.2, 0.25) is 0 Å². The highest BCUT2D eigenvalue weighted by atomic mass is 31.2. The van der Waals surface area contributed by atoms with Crippen LogP contribution in [0.4, 0.5) is 0 Å². The van der Waals surface area contributed by atoms with Crippen molar-refractivity contribution in [3.05, 3.63) is 38.0 Å². The second-order valence-electron chi connectivity index (χ2n) is 17.4. The summed E-state index contributed by atoms with van der Waals surface area (Å²) in [6.07, 6.45) is 29.8. The maximum Gasteiger partial charge on any atom is 0.926 e. The summed E-state index contributed by atoms with van der Waals surface area (Å²) < 4.78 is 90.3. The van der Waals surface area contributed by atoms with Gasteiger partial charge >= 0.3 is 48.2 Å². The average Bonchev–Trinajstić information content (AvgIpc) is 3.24. The van der Waals surface area contributed by atoms with Crippen molar-refractivity contribution in [1.29, 1.82) is 0 Å². The first-order valence-corrected chi connectivity index (χ1v) is 32.5. The molecule has 0 aliphatic carbocycles. The standard InChI is InChI=1S/3C15H29O5P.2Al/c3*1-3-15(16)20-14(2)12-10-8-6-4-5-7-9-11-13-21(17,18)19;;/h3*3,14H,1,4-13H2,2H3,(H2,17,18,19);;/q;;;2*+3/p-6. The Morgan fingerprint density at radius 3 is 0.985 bits per heavy atom. The molecule has 0 saturated carbocycles. The Balaban J connectivity index is 1.68. The van der Waals surface area contributed by atoms with Crippen LogP contribution in [0.1, 0.15) is 194 Å². The number of unbranched alkanes of at least 4 members (excludes halogenated alkanes) is 21. The van der Waals surface area contributed by atoms with Crippen LogP contribution in [0.3, 0.4) is 0 Å². The van der Waals surface area contributed by atoms with Crippen LogP contribution in [-0.2, 0) is 63.7 Å². The Bertz CT molecular complexity index is 1450. The van der Waals surface area contributed by atoms with E-state index in [1.807, 2.05) is 20.8 Å². The number of ether oxygens (including phenoxy) is 3. The van der Waals surface area contributed by atoms with E-state index in [9.17, 15) is 28.1 Å². The highest BCUT2D eigenvalue weighted by Crippen LogP contribution is 2.65. The minimum absolute atomic E-state index is 0.0962. The van der Waals surface area contributed by atoms with Crippen LogP contribution in [0.5, 0.6) is 0 Å². The van der Waals surface area contributed by atoms with Gasteiger partial charge in [-0.05, 0) is 78.6 Å². The lowest BCUT2D eigenvalue weighted by Crippen LogP contribution is -2.38. The van der Waals surface area contributed by atoms with Crippen molar-refractivity contribution in [2.45, 2.75) is 212 Å². The molecule has 15 nitrogen and oxygen atoms in total. The van der Waals surface area contributed by atoms with Crippen LogP contribution in [0.25, 0.3) is 0 Å². The van der Waals surface area contributed by atoms with E-state index in [4.69, 9.17) is 35.7 Å². The Morgan fingerprint density at radius 2 is 0.708 bits per heavy atom. The maximum absolute atomic E-state index is 14.1. The summed E-state index contributed by atoms with van der Waals surface area (Å²) in [4.78, 5) is 33.9. The summed E-state index contributed by atoms with van der Waals surface area (Å²) in [6.45, 7) is 16.0. The lowest BCUT2D eigenvalue weighted by Gasteiger charge is -2.37. The summed E-state index contributed by atoms with van der Waals surface area (Å²) in [6, 6.07) is 0. The zero-order valence-corrected chi connectivity index (χ0v) is 44.9. The summed E-state index contributed by atoms with van der Waals surface area (Å²) in [5.41, 5.74) is 0. The van der Waals surface area contributed by atoms with Crippen LogP contribution in [0.15, 0.2) is 38.0 Å². The molecular formula is C45H81Al2O15P3. The van der Waals surface area contributed by atoms with Gasteiger partial charge in [-0.3, -0.25) is 13.7 Å². The summed E-state index contributed by atoms with van der Waals surface area (Å²) in [5, 5.41) is 0. The number of carbonyl (C=O) groups is 3. The number of carbonyl (C=O) groups excluding carboxylic acids is 3. The van der Waals surface area contributed by atoms with E-state index < -0.39 is 59.1 Å². The molecule has 20 heteroatoms. The molecule has 2 rings (SSSR count). The fraction of sp³-hybridized carbons (Fsp3) is 0.800. The van der Waals surface area contributed by atoms with Gasteiger partial charge < -0.3 is 35.7 Å². The molecular weight excluding hydrogens is 927 g/mol. The maximum atomic E-state index is 14.1. The Kier molecular flexibility index (Phi) is 32.7. The van der Waals surface area contributed by atoms with Gasteiger partial charge in [-0.15, -0.1) is 0 Å². The Morgan fingerprint density at radius 1 is 0.462 bits per heavy atom. The molecule has 0 bridgehead atoms. The smallest absolute Gasteiger partial charge is 0.460 e. The number of hydrogen-bond donors (Lipinski definition) is 0. The van der Waals surface area contributed by atoms with Gasteiger partial charge in [0.2, 0.25) is 0 Å². The quantitative estimate of drug-likeness (QED) is 0.0140. The van der Waals surface area contributed by atoms with Gasteiger partial charge in [0.15, 0.2) is 0 Å². The van der Waals surface area contributed by atoms with Gasteiger partial charge in [0, 0.05) is 36.7 Å². The summed E-state index contributed by atoms with van der Waals surface area (Å²) >= 11 is -5.95. The van der Waals surface area contributed by atoms with E-state index in [0.717, 1.165) is 154 Å². The summed E-state index contributed by atoms with van der Waals surface area (Å²) in [7, 11) is -10.4. The topological polar surface area (TPSA) is 185 Å². The van der Waals surface area contributed by atoms with Crippen LogP contribution >= 0.6 is 22.8 Å². The zero-order chi connectivity index (χ0) is 47.8. The second kappa shape index (κ2) is 35.3. The Labute approximate surface area is 401 Å². The van der Waals surface area contributed by atoms with Gasteiger partial charge in [0.25, 0.3) is 22.8 Å². The van der Waals surface area contributed by atoms with Gasteiger partial charge in [-0.1, -0.05) is 135 Å². The molecule has 0 N–H and O–H groups in total. The molecule has 0 amide bonds. The van der Waals surface area contributed by atoms with E-state index in [0.29, 0.717) is 19.3 Å². The van der Waals surface area contributed by atoms with E-state index in [2.05, 4.69) is 19.7 Å². The van der Waals surface area contributed by atoms with Crippen LogP contribution in [0, 0.1) is 0 Å². The lowest BCUT2D eigenvalue weighted by atomic mass is 10.1. The van der Waals surface area contributed by atoms with E-state index in [1.165, 1.54) is 18.2 Å². The number of hydrogen-bond acceptors (Lipinski definition) is 15. The average molecular weight is 1010 g/mol. The highest BCUT2D eigenvalue weighted by molar-refractivity contribution is 7.62. The van der Waals surface area contributed by atoms with Gasteiger partial charge in [0.1, 0.15) is 0 Å². The first kappa shape index (κ1) is 60.3. The van der Waals surface area contributed by atoms with Gasteiger partial charge in [-0.25, -0.2) is 14.4 Å². The fourth-order valence-corrected chi connectivity index (χ4v) is 21.0. The summed E-state index contributed by atoms with van der Waals surface area (Å²) in [5.74, 6) is -1.17. The molecule has 0 aromatic rings. The molecule has 3 atom stereocenters. The number of esters is 3. The first-order valence-electron chi connectivity index (χ1n) is 24.5. The van der Waals surface area contributed by atoms with E-state index >= 15 is 0 Å². The molecule has 2 aliphatic rings. The molecule has 65 heavy (non-hydrogen) atoms. The predicted molar refractivity (Wildman–Crippen MR) is 257 cm³/mol. The zero-order valence-electron chi connectivity index (χ0n) is 39.9. The van der Waals surface area contributed by atoms with Crippen molar-refractivity contribution in [1.82, 2.24) is 0 Å². The van der Waals surface area contributed by atoms with E-state index in [-0.39, 0.29) is 48.7 Å². The molecule has 0 aromatic carbocycles. The van der Waals surface area contributed by atoms with Crippen molar-refractivity contribution < 1.29 is 63.7 Å². The molecule has 0 aromatic heterocycles. The molecule has 3 unspecified atom stereocenters. The Hall–Kier alpha value is -0.855. The molecule has 0 radical (unpaired) electrons. The highest BCUT2D eigenvalue weighted by Gasteiger charge is 2.62. The molecule has 2 heterocycles. The number of rotatable bonds is 43. The van der Waals surface area contributed by atoms with Crippen molar-refractivity contribution in [2.75, 3.05) is 18.5 Å². The molecule has 0 spiro atoms. The third-order valence-corrected chi connectivity index (χ3v) is 25.7. The molecule has 2 aliphatic heterocycles. The fourth-order valence-electron chi connectivity index (χ4n) is 7.53. The SMILES string of the molecule is C=CC(=O)OC(C)CCCCCCCCCCP1(=O)[O][Al]([O]P(=O)(CCCCCCCCCCC(C)OC(=O)C=C)[O][Al]2[O]P(=O)(CCCCCCCCCCC(C)OC(=O)C=C)[O]2)[O]1. The monoisotopic (exact) mass is 1010 g/mol. The van der Waals surface area contributed by atoms with Crippen LogP contribution < -0.4 is 0 Å². The third-order valence-electron chi connectivity index (χ3n) is 11.3. The third kappa shape index (κ3) is 29.7. The van der Waals surface area contributed by atoms with Gasteiger partial charge in [-0.2, -0.15) is 0 Å². The van der Waals surface area contributed by atoms with Crippen molar-refractivity contribution in [2.24, 2.45) is 0 Å². The van der Waals surface area contributed by atoms with Crippen LogP contribution in [-0.4, -0.2) is 85.0 Å². The first-order chi connectivity index (χ1) is 31.1. The molecule has 2 saturated heterocycles. The predicted octanol–water partition coefficient (Wildman–Crippen LogP) is 13.5. The minimum atomic E-state index is -3.81. The lowest BCUT2D eigenvalue weighted by molar-refractivity contribution is -0.143. The molecule has 2 fully saturated rings. The normalized spacial score (nSPS) is 17.4. The largest absolute Gasteiger partial charge is 0.926 e. The van der Waals surface area contributed by atoms with E-state index in [1.54, 1.807) is 0 Å². The second-order valence-corrected chi connectivity index (χ2v) is 28.6. The van der Waals surface area contributed by atoms with Crippen molar-refractivity contribution in [3.63, 3.8) is 0 Å². The van der Waals surface area contributed by atoms with Gasteiger partial charge in [0.05, 0.1) is 18.3 Å². The molecule has 372 valence electrons. The van der Waals surface area contributed by atoms with Crippen molar-refractivity contribution >= 4 is 71.0 Å². The van der Waals surface area contributed by atoms with Crippen molar-refractivity contribution in [3.8, 4) is 0 Å². The minimum Gasteiger partial charge on any atom is -0.460 e.